The van der Waals surface area contributed by atoms with Crippen molar-refractivity contribution >= 4 is 22.7 Å². The van der Waals surface area contributed by atoms with Crippen molar-refractivity contribution in [1.82, 2.24) is 9.78 Å². The van der Waals surface area contributed by atoms with Gasteiger partial charge in [0.25, 0.3) is 5.91 Å². The molecule has 3 N–H and O–H groups in total. The SMILES string of the molecule is Cn1cc(CN)c(NC(=O)c2cc3ccccc3o2)n1. The van der Waals surface area contributed by atoms with Gasteiger partial charge in [-0.1, -0.05) is 18.2 Å². The van der Waals surface area contributed by atoms with E-state index in [9.17, 15) is 4.79 Å². The summed E-state index contributed by atoms with van der Waals surface area (Å²) in [5.74, 6) is 0.370. The summed E-state index contributed by atoms with van der Waals surface area (Å²) in [7, 11) is 1.77. The molecule has 0 bridgehead atoms. The molecule has 0 unspecified atom stereocenters. The number of fused-ring (bicyclic) bond motifs is 1. The number of aromatic nitrogens is 2. The zero-order valence-electron chi connectivity index (χ0n) is 11.0. The third-order valence-corrected chi connectivity index (χ3v) is 3.01. The van der Waals surface area contributed by atoms with E-state index < -0.39 is 0 Å². The van der Waals surface area contributed by atoms with Crippen LogP contribution in [0.15, 0.2) is 40.9 Å². The van der Waals surface area contributed by atoms with E-state index in [4.69, 9.17) is 10.2 Å². The lowest BCUT2D eigenvalue weighted by molar-refractivity contribution is 0.0998. The number of carbonyl (C=O) groups is 1. The molecule has 3 rings (SSSR count). The van der Waals surface area contributed by atoms with E-state index in [1.54, 1.807) is 24.0 Å². The van der Waals surface area contributed by atoms with Crippen LogP contribution in [-0.2, 0) is 13.6 Å². The highest BCUT2D eigenvalue weighted by atomic mass is 16.3. The van der Waals surface area contributed by atoms with Gasteiger partial charge in [-0.2, -0.15) is 5.10 Å². The molecule has 0 aliphatic heterocycles. The van der Waals surface area contributed by atoms with E-state index in [1.165, 1.54) is 0 Å². The molecule has 1 aromatic carbocycles. The highest BCUT2D eigenvalue weighted by Gasteiger charge is 2.15. The Morgan fingerprint density at radius 2 is 2.25 bits per heavy atom. The van der Waals surface area contributed by atoms with Gasteiger partial charge in [0, 0.05) is 30.7 Å². The summed E-state index contributed by atoms with van der Waals surface area (Å²) in [6.07, 6.45) is 1.77. The molecule has 2 aromatic heterocycles. The topological polar surface area (TPSA) is 86.1 Å². The Labute approximate surface area is 115 Å². The lowest BCUT2D eigenvalue weighted by atomic mass is 10.2. The summed E-state index contributed by atoms with van der Waals surface area (Å²) in [5.41, 5.74) is 7.06. The lowest BCUT2D eigenvalue weighted by Gasteiger charge is -2.00. The molecule has 0 atom stereocenters. The van der Waals surface area contributed by atoms with Gasteiger partial charge in [-0.3, -0.25) is 9.48 Å². The highest BCUT2D eigenvalue weighted by molar-refractivity contribution is 6.04. The first-order valence-electron chi connectivity index (χ1n) is 6.20. The smallest absolute Gasteiger partial charge is 0.292 e. The Hall–Kier alpha value is -2.60. The van der Waals surface area contributed by atoms with Gasteiger partial charge in [0.05, 0.1) is 0 Å². The van der Waals surface area contributed by atoms with E-state index in [0.29, 0.717) is 17.9 Å². The highest BCUT2D eigenvalue weighted by Crippen LogP contribution is 2.20. The maximum atomic E-state index is 12.2. The van der Waals surface area contributed by atoms with Crippen LogP contribution >= 0.6 is 0 Å². The molecule has 6 nitrogen and oxygen atoms in total. The minimum Gasteiger partial charge on any atom is -0.451 e. The second-order valence-corrected chi connectivity index (χ2v) is 4.48. The molecule has 0 saturated heterocycles. The number of hydrogen-bond acceptors (Lipinski definition) is 4. The average molecular weight is 270 g/mol. The minimum atomic E-state index is -0.338. The first-order valence-corrected chi connectivity index (χ1v) is 6.20. The quantitative estimate of drug-likeness (QED) is 0.760. The Bertz CT molecular complexity index is 739. The summed E-state index contributed by atoms with van der Waals surface area (Å²) < 4.78 is 7.11. The molecule has 0 fully saturated rings. The van der Waals surface area contributed by atoms with Crippen LogP contribution in [0, 0.1) is 0 Å². The van der Waals surface area contributed by atoms with Gasteiger partial charge in [0.2, 0.25) is 0 Å². The molecular weight excluding hydrogens is 256 g/mol. The molecule has 0 aliphatic rings. The van der Waals surface area contributed by atoms with Gasteiger partial charge in [-0.05, 0) is 12.1 Å². The van der Waals surface area contributed by atoms with Crippen molar-refractivity contribution in [2.24, 2.45) is 12.8 Å². The normalized spacial score (nSPS) is 10.9. The Morgan fingerprint density at radius 1 is 1.45 bits per heavy atom. The van der Waals surface area contributed by atoms with E-state index in [2.05, 4.69) is 10.4 Å². The molecule has 6 heteroatoms. The number of hydrogen-bond donors (Lipinski definition) is 2. The van der Waals surface area contributed by atoms with Crippen LogP contribution in [0.3, 0.4) is 0 Å². The molecule has 0 saturated carbocycles. The van der Waals surface area contributed by atoms with Gasteiger partial charge in [-0.25, -0.2) is 0 Å². The van der Waals surface area contributed by atoms with Gasteiger partial charge in [0.1, 0.15) is 5.58 Å². The van der Waals surface area contributed by atoms with Crippen LogP contribution < -0.4 is 11.1 Å². The van der Waals surface area contributed by atoms with E-state index >= 15 is 0 Å². The maximum absolute atomic E-state index is 12.2. The van der Waals surface area contributed by atoms with Crippen LogP contribution in [0.2, 0.25) is 0 Å². The van der Waals surface area contributed by atoms with Crippen LogP contribution in [0.25, 0.3) is 11.0 Å². The molecule has 3 aromatic rings. The zero-order valence-corrected chi connectivity index (χ0v) is 11.0. The lowest BCUT2D eigenvalue weighted by Crippen LogP contribution is -2.13. The fourth-order valence-electron chi connectivity index (χ4n) is 2.06. The third-order valence-electron chi connectivity index (χ3n) is 3.01. The number of nitrogens with two attached hydrogens (primary N) is 1. The number of amides is 1. The predicted molar refractivity (Wildman–Crippen MR) is 75.3 cm³/mol. The molecule has 0 spiro atoms. The van der Waals surface area contributed by atoms with Crippen molar-refractivity contribution in [1.29, 1.82) is 0 Å². The van der Waals surface area contributed by atoms with Gasteiger partial charge >= 0.3 is 0 Å². The molecule has 0 aliphatic carbocycles. The first kappa shape index (κ1) is 12.4. The Balaban J connectivity index is 1.88. The van der Waals surface area contributed by atoms with Crippen LogP contribution in [0.1, 0.15) is 16.1 Å². The maximum Gasteiger partial charge on any atom is 0.292 e. The summed E-state index contributed by atoms with van der Waals surface area (Å²) in [4.78, 5) is 12.2. The summed E-state index contributed by atoms with van der Waals surface area (Å²) in [6.45, 7) is 0.309. The third kappa shape index (κ3) is 2.17. The number of para-hydroxylation sites is 1. The number of aryl methyl sites for hydroxylation is 1. The van der Waals surface area contributed by atoms with Crippen LogP contribution in [-0.4, -0.2) is 15.7 Å². The van der Waals surface area contributed by atoms with Crippen molar-refractivity contribution in [2.45, 2.75) is 6.54 Å². The Kier molecular flexibility index (Phi) is 3.00. The fourth-order valence-corrected chi connectivity index (χ4v) is 2.06. The largest absolute Gasteiger partial charge is 0.451 e. The second kappa shape index (κ2) is 4.82. The summed E-state index contributed by atoms with van der Waals surface area (Å²) >= 11 is 0. The molecule has 0 radical (unpaired) electrons. The number of nitrogens with zero attached hydrogens (tertiary/aromatic N) is 2. The van der Waals surface area contributed by atoms with Gasteiger partial charge in [0.15, 0.2) is 11.6 Å². The van der Waals surface area contributed by atoms with Gasteiger partial charge in [-0.15, -0.1) is 0 Å². The first-order chi connectivity index (χ1) is 9.67. The van der Waals surface area contributed by atoms with Crippen LogP contribution in [0.4, 0.5) is 5.82 Å². The molecule has 2 heterocycles. The zero-order chi connectivity index (χ0) is 14.1. The van der Waals surface area contributed by atoms with Crippen molar-refractivity contribution in [3.05, 3.63) is 47.9 Å². The minimum absolute atomic E-state index is 0.250. The monoisotopic (exact) mass is 270 g/mol. The van der Waals surface area contributed by atoms with Gasteiger partial charge < -0.3 is 15.5 Å². The number of carbonyl (C=O) groups excluding carboxylic acids is 1. The second-order valence-electron chi connectivity index (χ2n) is 4.48. The number of nitrogens with one attached hydrogen (secondary N) is 1. The van der Waals surface area contributed by atoms with Crippen LogP contribution in [0.5, 0.6) is 0 Å². The predicted octanol–water partition coefficient (Wildman–Crippen LogP) is 1.88. The summed E-state index contributed by atoms with van der Waals surface area (Å²) in [5, 5.41) is 7.77. The van der Waals surface area contributed by atoms with Crippen molar-refractivity contribution in [3.8, 4) is 0 Å². The average Bonchev–Trinajstić information content (AvgIpc) is 3.01. The standard InChI is InChI=1S/C14H14N4O2/c1-18-8-10(7-15)13(17-18)16-14(19)12-6-9-4-2-3-5-11(9)20-12/h2-6,8H,7,15H2,1H3,(H,16,17,19). The number of rotatable bonds is 3. The summed E-state index contributed by atoms with van der Waals surface area (Å²) in [6, 6.07) is 9.17. The molecule has 102 valence electrons. The number of furan rings is 1. The number of anilines is 1. The van der Waals surface area contributed by atoms with Crippen molar-refractivity contribution in [2.75, 3.05) is 5.32 Å². The molecule has 20 heavy (non-hydrogen) atoms. The Morgan fingerprint density at radius 3 is 3.00 bits per heavy atom. The fraction of sp³-hybridized carbons (Fsp3) is 0.143. The van der Waals surface area contributed by atoms with Crippen molar-refractivity contribution in [3.63, 3.8) is 0 Å². The van der Waals surface area contributed by atoms with E-state index in [1.807, 2.05) is 24.3 Å². The molecular formula is C14H14N4O2. The van der Waals surface area contributed by atoms with E-state index in [0.717, 1.165) is 10.9 Å². The number of benzene rings is 1. The van der Waals surface area contributed by atoms with Crippen molar-refractivity contribution < 1.29 is 9.21 Å². The molecule has 1 amide bonds. The van der Waals surface area contributed by atoms with E-state index in [-0.39, 0.29) is 11.7 Å².